The first-order chi connectivity index (χ1) is 18.7. The lowest BCUT2D eigenvalue weighted by Gasteiger charge is -2.27. The fraction of sp³-hybridized carbons (Fsp3) is 0.444. The average Bonchev–Trinajstić information content (AvgIpc) is 3.69. The lowest BCUT2D eigenvalue weighted by atomic mass is 10.00. The van der Waals surface area contributed by atoms with E-state index in [9.17, 15) is 24.3 Å². The minimum atomic E-state index is -1.20. The molecule has 39 heavy (non-hydrogen) atoms. The zero-order valence-electron chi connectivity index (χ0n) is 22.0. The number of rotatable bonds is 12. The van der Waals surface area contributed by atoms with Crippen molar-refractivity contribution in [2.24, 2.45) is 5.92 Å². The largest absolute Gasteiger partial charge is 0.480 e. The highest BCUT2D eigenvalue weighted by Gasteiger charge is 2.33. The molecular formula is C27H35N7O5. The zero-order chi connectivity index (χ0) is 27.9. The van der Waals surface area contributed by atoms with Gasteiger partial charge in [-0.1, -0.05) is 32.0 Å². The molecule has 208 valence electrons. The van der Waals surface area contributed by atoms with Gasteiger partial charge in [-0.2, -0.15) is 0 Å². The number of H-pyrrole nitrogens is 2. The van der Waals surface area contributed by atoms with Gasteiger partial charge in [-0.25, -0.2) is 9.78 Å². The molecular weight excluding hydrogens is 502 g/mol. The van der Waals surface area contributed by atoms with Gasteiger partial charge in [0.05, 0.1) is 12.4 Å². The summed E-state index contributed by atoms with van der Waals surface area (Å²) in [4.78, 5) is 61.5. The van der Waals surface area contributed by atoms with E-state index in [-0.39, 0.29) is 30.7 Å². The van der Waals surface area contributed by atoms with Crippen LogP contribution in [0.15, 0.2) is 43.0 Å². The topological polar surface area (TPSA) is 181 Å². The Balaban J connectivity index is 1.46. The number of carboxylic acid groups (broad SMARTS) is 1. The molecule has 1 aliphatic heterocycles. The highest BCUT2D eigenvalue weighted by Crippen LogP contribution is 2.19. The molecule has 1 aromatic carbocycles. The van der Waals surface area contributed by atoms with E-state index in [1.807, 2.05) is 24.3 Å². The average molecular weight is 538 g/mol. The minimum absolute atomic E-state index is 0.0662. The quantitative estimate of drug-likeness (QED) is 0.177. The number of nitrogens with zero attached hydrogens (tertiary/aromatic N) is 1. The van der Waals surface area contributed by atoms with Gasteiger partial charge in [-0.05, 0) is 36.9 Å². The SMILES string of the molecule is CC(C)C(NC(=O)C(Cc1cnc[nH]1)NC(=O)C1CCCN1)C(=O)NC(Cc1c[nH]c2ccccc12)C(=O)O. The molecule has 7 N–H and O–H groups in total. The Bertz CT molecular complexity index is 1300. The fourth-order valence-electron chi connectivity index (χ4n) is 4.78. The van der Waals surface area contributed by atoms with Gasteiger partial charge in [0.15, 0.2) is 0 Å². The van der Waals surface area contributed by atoms with Crippen LogP contribution in [0.1, 0.15) is 37.9 Å². The van der Waals surface area contributed by atoms with Crippen molar-refractivity contribution in [3.05, 3.63) is 54.2 Å². The molecule has 0 saturated carbocycles. The number of hydrogen-bond acceptors (Lipinski definition) is 6. The number of carboxylic acids is 1. The van der Waals surface area contributed by atoms with E-state index >= 15 is 0 Å². The Kier molecular flexibility index (Phi) is 8.97. The van der Waals surface area contributed by atoms with Crippen molar-refractivity contribution in [1.29, 1.82) is 0 Å². The Morgan fingerprint density at radius 2 is 1.82 bits per heavy atom. The van der Waals surface area contributed by atoms with Crippen LogP contribution in [0, 0.1) is 5.92 Å². The number of benzene rings is 1. The summed E-state index contributed by atoms with van der Waals surface area (Å²) in [5.74, 6) is -2.99. The number of fused-ring (bicyclic) bond motifs is 1. The molecule has 2 aromatic heterocycles. The van der Waals surface area contributed by atoms with E-state index in [4.69, 9.17) is 0 Å². The summed E-state index contributed by atoms with van der Waals surface area (Å²) in [6.07, 6.45) is 6.54. The van der Waals surface area contributed by atoms with E-state index in [2.05, 4.69) is 36.2 Å². The summed E-state index contributed by atoms with van der Waals surface area (Å²) < 4.78 is 0. The van der Waals surface area contributed by atoms with Crippen LogP contribution in [0.5, 0.6) is 0 Å². The molecule has 4 unspecified atom stereocenters. The summed E-state index contributed by atoms with van der Waals surface area (Å²) in [5, 5.41) is 22.0. The molecule has 3 aromatic rings. The molecule has 3 amide bonds. The third kappa shape index (κ3) is 7.02. The van der Waals surface area contributed by atoms with E-state index in [1.165, 1.54) is 6.33 Å². The van der Waals surface area contributed by atoms with Crippen LogP contribution in [0.25, 0.3) is 10.9 Å². The van der Waals surface area contributed by atoms with Crippen molar-refractivity contribution >= 4 is 34.6 Å². The normalized spacial score (nSPS) is 17.5. The van der Waals surface area contributed by atoms with Crippen molar-refractivity contribution in [2.45, 2.75) is 63.7 Å². The van der Waals surface area contributed by atoms with Crippen molar-refractivity contribution in [3.63, 3.8) is 0 Å². The number of carbonyl (C=O) groups excluding carboxylic acids is 3. The molecule has 0 bridgehead atoms. The first kappa shape index (κ1) is 27.8. The summed E-state index contributed by atoms with van der Waals surface area (Å²) in [6.45, 7) is 4.24. The predicted molar refractivity (Wildman–Crippen MR) is 144 cm³/mol. The molecule has 12 nitrogen and oxygen atoms in total. The number of imidazole rings is 1. The molecule has 0 spiro atoms. The van der Waals surface area contributed by atoms with Gasteiger partial charge in [0.2, 0.25) is 17.7 Å². The van der Waals surface area contributed by atoms with Crippen LogP contribution in [0.2, 0.25) is 0 Å². The van der Waals surface area contributed by atoms with Crippen molar-refractivity contribution in [2.75, 3.05) is 6.54 Å². The van der Waals surface area contributed by atoms with Crippen LogP contribution in [-0.4, -0.2) is 74.5 Å². The number of para-hydroxylation sites is 1. The maximum absolute atomic E-state index is 13.4. The van der Waals surface area contributed by atoms with Gasteiger partial charge in [0.25, 0.3) is 0 Å². The van der Waals surface area contributed by atoms with Crippen molar-refractivity contribution in [1.82, 2.24) is 36.2 Å². The summed E-state index contributed by atoms with van der Waals surface area (Å²) >= 11 is 0. The van der Waals surface area contributed by atoms with Gasteiger partial charge in [0.1, 0.15) is 18.1 Å². The maximum Gasteiger partial charge on any atom is 0.326 e. The Hall–Kier alpha value is -4.19. The lowest BCUT2D eigenvalue weighted by molar-refractivity contribution is -0.142. The number of aromatic nitrogens is 3. The van der Waals surface area contributed by atoms with Crippen LogP contribution in [0.3, 0.4) is 0 Å². The molecule has 1 saturated heterocycles. The second-order valence-corrected chi connectivity index (χ2v) is 10.2. The monoisotopic (exact) mass is 537 g/mol. The number of amides is 3. The highest BCUT2D eigenvalue weighted by molar-refractivity contribution is 5.94. The van der Waals surface area contributed by atoms with Gasteiger partial charge in [-0.15, -0.1) is 0 Å². The predicted octanol–water partition coefficient (Wildman–Crippen LogP) is 0.623. The number of aromatic amines is 2. The van der Waals surface area contributed by atoms with Crippen LogP contribution in [-0.2, 0) is 32.0 Å². The van der Waals surface area contributed by atoms with E-state index in [0.717, 1.165) is 29.4 Å². The third-order valence-corrected chi connectivity index (χ3v) is 6.95. The molecule has 1 fully saturated rings. The zero-order valence-corrected chi connectivity index (χ0v) is 22.0. The van der Waals surface area contributed by atoms with E-state index < -0.39 is 35.9 Å². The van der Waals surface area contributed by atoms with Crippen LogP contribution < -0.4 is 21.3 Å². The first-order valence-corrected chi connectivity index (χ1v) is 13.1. The highest BCUT2D eigenvalue weighted by atomic mass is 16.4. The number of carbonyl (C=O) groups is 4. The molecule has 1 aliphatic rings. The number of hydrogen-bond donors (Lipinski definition) is 7. The first-order valence-electron chi connectivity index (χ1n) is 13.1. The second kappa shape index (κ2) is 12.6. The molecule has 0 aliphatic carbocycles. The molecule has 4 atom stereocenters. The second-order valence-electron chi connectivity index (χ2n) is 10.2. The van der Waals surface area contributed by atoms with E-state index in [1.54, 1.807) is 26.2 Å². The standard InChI is InChI=1S/C27H35N7O5/c1-15(2)23(26(37)33-22(27(38)39)10-16-12-30-19-7-4-3-6-18(16)19)34-25(36)21(11-17-13-28-14-31-17)32-24(35)20-8-5-9-29-20/h3-4,6-7,12-15,20-23,29-30H,5,8-11H2,1-2H3,(H,28,31)(H,32,35)(H,33,37)(H,34,36)(H,38,39). The molecule has 0 radical (unpaired) electrons. The van der Waals surface area contributed by atoms with Crippen LogP contribution in [0.4, 0.5) is 0 Å². The summed E-state index contributed by atoms with van der Waals surface area (Å²) in [7, 11) is 0. The van der Waals surface area contributed by atoms with Crippen molar-refractivity contribution < 1.29 is 24.3 Å². The van der Waals surface area contributed by atoms with E-state index in [0.29, 0.717) is 12.1 Å². The number of aliphatic carboxylic acids is 1. The lowest BCUT2D eigenvalue weighted by Crippen LogP contribution is -2.59. The van der Waals surface area contributed by atoms with Crippen LogP contribution >= 0.6 is 0 Å². The number of nitrogens with one attached hydrogen (secondary N) is 6. The van der Waals surface area contributed by atoms with Gasteiger partial charge in [0, 0.05) is 41.8 Å². The third-order valence-electron chi connectivity index (χ3n) is 6.95. The Morgan fingerprint density at radius 1 is 1.03 bits per heavy atom. The summed E-state index contributed by atoms with van der Waals surface area (Å²) in [6, 6.07) is 3.94. The van der Waals surface area contributed by atoms with Gasteiger partial charge >= 0.3 is 5.97 Å². The van der Waals surface area contributed by atoms with Gasteiger partial charge in [-0.3, -0.25) is 14.4 Å². The molecule has 4 rings (SSSR count). The smallest absolute Gasteiger partial charge is 0.326 e. The van der Waals surface area contributed by atoms with Gasteiger partial charge < -0.3 is 36.3 Å². The Labute approximate surface area is 225 Å². The maximum atomic E-state index is 13.4. The summed E-state index contributed by atoms with van der Waals surface area (Å²) in [5.41, 5.74) is 2.27. The molecule has 12 heteroatoms. The Morgan fingerprint density at radius 3 is 2.49 bits per heavy atom. The minimum Gasteiger partial charge on any atom is -0.480 e. The van der Waals surface area contributed by atoms with Crippen molar-refractivity contribution in [3.8, 4) is 0 Å². The fourth-order valence-corrected chi connectivity index (χ4v) is 4.78. The molecule has 3 heterocycles.